The number of amides is 1. The lowest BCUT2D eigenvalue weighted by molar-refractivity contribution is 0.0935. The lowest BCUT2D eigenvalue weighted by atomic mass is 10.1. The number of anilines is 3. The van der Waals surface area contributed by atoms with Gasteiger partial charge in [-0.15, -0.1) is 0 Å². The molecule has 9 heteroatoms. The predicted octanol–water partition coefficient (Wildman–Crippen LogP) is 3.89. The number of carbonyl (C=O) groups excluding carboxylic acids is 1. The van der Waals surface area contributed by atoms with Gasteiger partial charge in [0.1, 0.15) is 5.82 Å². The Bertz CT molecular complexity index is 1420. The lowest BCUT2D eigenvalue weighted by Crippen LogP contribution is -2.37. The maximum atomic E-state index is 12.5. The highest BCUT2D eigenvalue weighted by molar-refractivity contribution is 5.95. The van der Waals surface area contributed by atoms with Crippen LogP contribution in [-0.4, -0.2) is 57.5 Å². The number of carbonyl (C=O) groups is 1. The van der Waals surface area contributed by atoms with Crippen LogP contribution in [0.4, 0.5) is 17.5 Å². The molecule has 1 amide bonds. The molecule has 1 saturated carbocycles. The van der Waals surface area contributed by atoms with Gasteiger partial charge in [0.15, 0.2) is 0 Å². The molecule has 36 heavy (non-hydrogen) atoms. The number of nitrogens with one attached hydrogen (secondary N) is 2. The van der Waals surface area contributed by atoms with Gasteiger partial charge in [0, 0.05) is 53.9 Å². The number of benzene rings is 2. The summed E-state index contributed by atoms with van der Waals surface area (Å²) in [7, 11) is 1.94. The maximum Gasteiger partial charge on any atom is 0.251 e. The molecule has 2 fully saturated rings. The van der Waals surface area contributed by atoms with Crippen LogP contribution in [0, 0.1) is 0 Å². The Morgan fingerprint density at radius 2 is 1.81 bits per heavy atom. The number of aryl methyl sites for hydroxylation is 1. The van der Waals surface area contributed by atoms with Gasteiger partial charge in [0.25, 0.3) is 5.91 Å². The summed E-state index contributed by atoms with van der Waals surface area (Å²) in [6, 6.07) is 15.7. The van der Waals surface area contributed by atoms with Crippen molar-refractivity contribution in [3.05, 3.63) is 60.3 Å². The molecule has 0 spiro atoms. The highest BCUT2D eigenvalue weighted by Crippen LogP contribution is 2.34. The topological polar surface area (TPSA) is 97.2 Å². The minimum Gasteiger partial charge on any atom is -0.378 e. The molecule has 0 bridgehead atoms. The van der Waals surface area contributed by atoms with Gasteiger partial charge in [0.05, 0.1) is 30.6 Å². The van der Waals surface area contributed by atoms with Crippen molar-refractivity contribution in [3.63, 3.8) is 0 Å². The summed E-state index contributed by atoms with van der Waals surface area (Å²) < 4.78 is 7.39. The molecule has 0 atom stereocenters. The molecule has 2 aliphatic rings. The van der Waals surface area contributed by atoms with Crippen LogP contribution in [-0.2, 0) is 11.8 Å². The van der Waals surface area contributed by atoms with E-state index in [9.17, 15) is 4.79 Å². The maximum absolute atomic E-state index is 12.5. The van der Waals surface area contributed by atoms with Gasteiger partial charge < -0.3 is 20.3 Å². The zero-order chi connectivity index (χ0) is 24.7. The van der Waals surface area contributed by atoms with Crippen LogP contribution in [0.2, 0.25) is 0 Å². The van der Waals surface area contributed by atoms with E-state index < -0.39 is 0 Å². The molecular formula is C27H29N7O2. The largest absolute Gasteiger partial charge is 0.378 e. The fourth-order valence-electron chi connectivity index (χ4n) is 4.37. The standard InChI is InChI=1S/C27H29N7O2/c1-27(9-10-27)32-25(35)18-5-7-21(8-6-18)29-24-16-22(30-26(31-24)34-11-13-36-14-12-34)19-3-4-20-17-28-33(2)23(20)15-19/h3-8,15-17H,9-14H2,1-2H3,(H,32,35)(H,29,30,31). The number of nitrogens with zero attached hydrogens (tertiary/aromatic N) is 5. The van der Waals surface area contributed by atoms with Gasteiger partial charge in [-0.05, 0) is 50.1 Å². The Kier molecular flexibility index (Phi) is 5.56. The van der Waals surface area contributed by atoms with Crippen molar-refractivity contribution in [1.82, 2.24) is 25.1 Å². The molecule has 0 unspecified atom stereocenters. The Labute approximate surface area is 209 Å². The zero-order valence-corrected chi connectivity index (χ0v) is 20.5. The zero-order valence-electron chi connectivity index (χ0n) is 20.5. The number of hydrogen-bond donors (Lipinski definition) is 2. The second kappa shape index (κ2) is 8.91. The molecule has 4 aromatic rings. The minimum absolute atomic E-state index is 0.0361. The third-order valence-corrected chi connectivity index (χ3v) is 6.89. The number of aromatic nitrogens is 4. The third-order valence-electron chi connectivity index (χ3n) is 6.89. The van der Waals surface area contributed by atoms with Crippen LogP contribution in [0.15, 0.2) is 54.7 Å². The van der Waals surface area contributed by atoms with Crippen LogP contribution in [0.1, 0.15) is 30.1 Å². The molecule has 3 heterocycles. The van der Waals surface area contributed by atoms with Crippen molar-refractivity contribution >= 4 is 34.3 Å². The molecule has 2 aromatic heterocycles. The number of ether oxygens (including phenoxy) is 1. The normalized spacial score (nSPS) is 16.7. The van der Waals surface area contributed by atoms with E-state index in [-0.39, 0.29) is 11.4 Å². The monoisotopic (exact) mass is 483 g/mol. The SMILES string of the molecule is Cn1ncc2ccc(-c3cc(Nc4ccc(C(=O)NC5(C)CC5)cc4)nc(N4CCOCC4)n3)cc21. The van der Waals surface area contributed by atoms with E-state index in [2.05, 4.69) is 45.8 Å². The average molecular weight is 484 g/mol. The van der Waals surface area contributed by atoms with Crippen LogP contribution >= 0.6 is 0 Å². The lowest BCUT2D eigenvalue weighted by Gasteiger charge is -2.27. The molecule has 1 aliphatic carbocycles. The summed E-state index contributed by atoms with van der Waals surface area (Å²) in [5.74, 6) is 1.32. The van der Waals surface area contributed by atoms with Gasteiger partial charge in [0.2, 0.25) is 5.95 Å². The van der Waals surface area contributed by atoms with Gasteiger partial charge >= 0.3 is 0 Å². The summed E-state index contributed by atoms with van der Waals surface area (Å²) in [5, 5.41) is 11.9. The van der Waals surface area contributed by atoms with E-state index in [1.54, 1.807) is 0 Å². The van der Waals surface area contributed by atoms with Crippen molar-refractivity contribution in [2.45, 2.75) is 25.3 Å². The number of fused-ring (bicyclic) bond motifs is 1. The Hall–Kier alpha value is -3.98. The Morgan fingerprint density at radius 1 is 1.03 bits per heavy atom. The molecule has 1 saturated heterocycles. The average Bonchev–Trinajstić information content (AvgIpc) is 3.52. The van der Waals surface area contributed by atoms with E-state index in [0.717, 1.165) is 53.8 Å². The van der Waals surface area contributed by atoms with Crippen molar-refractivity contribution in [2.75, 3.05) is 36.5 Å². The smallest absolute Gasteiger partial charge is 0.251 e. The first kappa shape index (κ1) is 22.5. The molecule has 0 radical (unpaired) electrons. The summed E-state index contributed by atoms with van der Waals surface area (Å²) in [6.45, 7) is 4.87. The van der Waals surface area contributed by atoms with E-state index in [1.807, 2.05) is 48.3 Å². The Balaban J connectivity index is 1.30. The highest BCUT2D eigenvalue weighted by Gasteiger charge is 2.38. The second-order valence-electron chi connectivity index (χ2n) is 9.80. The quantitative estimate of drug-likeness (QED) is 0.429. The van der Waals surface area contributed by atoms with E-state index in [1.165, 1.54) is 0 Å². The van der Waals surface area contributed by atoms with E-state index in [0.29, 0.717) is 30.5 Å². The molecule has 9 nitrogen and oxygen atoms in total. The predicted molar refractivity (Wildman–Crippen MR) is 140 cm³/mol. The summed E-state index contributed by atoms with van der Waals surface area (Å²) >= 11 is 0. The van der Waals surface area contributed by atoms with Gasteiger partial charge in [-0.3, -0.25) is 9.48 Å². The number of hydrogen-bond acceptors (Lipinski definition) is 7. The Morgan fingerprint density at radius 3 is 2.56 bits per heavy atom. The van der Waals surface area contributed by atoms with E-state index >= 15 is 0 Å². The highest BCUT2D eigenvalue weighted by atomic mass is 16.5. The fourth-order valence-corrected chi connectivity index (χ4v) is 4.37. The summed E-state index contributed by atoms with van der Waals surface area (Å²) in [6.07, 6.45) is 3.93. The molecule has 6 rings (SSSR count). The van der Waals surface area contributed by atoms with Gasteiger partial charge in [-0.1, -0.05) is 12.1 Å². The van der Waals surface area contributed by atoms with Crippen LogP contribution in [0.3, 0.4) is 0 Å². The van der Waals surface area contributed by atoms with Crippen LogP contribution < -0.4 is 15.5 Å². The first-order valence-electron chi connectivity index (χ1n) is 12.3. The number of rotatable bonds is 6. The molecular weight excluding hydrogens is 454 g/mol. The number of morpholine rings is 1. The van der Waals surface area contributed by atoms with Crippen LogP contribution in [0.5, 0.6) is 0 Å². The fraction of sp³-hybridized carbons (Fsp3) is 0.333. The van der Waals surface area contributed by atoms with Crippen LogP contribution in [0.25, 0.3) is 22.2 Å². The van der Waals surface area contributed by atoms with Crippen molar-refractivity contribution < 1.29 is 9.53 Å². The third kappa shape index (κ3) is 4.61. The van der Waals surface area contributed by atoms with Crippen molar-refractivity contribution in [1.29, 1.82) is 0 Å². The molecule has 184 valence electrons. The first-order valence-corrected chi connectivity index (χ1v) is 12.3. The second-order valence-corrected chi connectivity index (χ2v) is 9.80. The van der Waals surface area contributed by atoms with Gasteiger partial charge in [-0.25, -0.2) is 4.98 Å². The summed E-state index contributed by atoms with van der Waals surface area (Å²) in [5.41, 5.74) is 4.32. The van der Waals surface area contributed by atoms with E-state index in [4.69, 9.17) is 14.7 Å². The molecule has 2 aromatic carbocycles. The minimum atomic E-state index is -0.0419. The molecule has 1 aliphatic heterocycles. The molecule has 2 N–H and O–H groups in total. The van der Waals surface area contributed by atoms with Crippen molar-refractivity contribution in [2.24, 2.45) is 7.05 Å². The summed E-state index contributed by atoms with van der Waals surface area (Å²) in [4.78, 5) is 24.4. The van der Waals surface area contributed by atoms with Gasteiger partial charge in [-0.2, -0.15) is 10.1 Å². The first-order chi connectivity index (χ1) is 17.5. The van der Waals surface area contributed by atoms with Crippen molar-refractivity contribution in [3.8, 4) is 11.3 Å².